The van der Waals surface area contributed by atoms with Gasteiger partial charge in [0.05, 0.1) is 11.4 Å². The predicted octanol–water partition coefficient (Wildman–Crippen LogP) is 3.39. The molecular formula is C21H29N7O3. The second-order valence-electron chi connectivity index (χ2n) is 8.21. The van der Waals surface area contributed by atoms with Crippen molar-refractivity contribution in [1.82, 2.24) is 19.7 Å². The number of hydrogen-bond acceptors (Lipinski definition) is 8. The van der Waals surface area contributed by atoms with Gasteiger partial charge in [0.25, 0.3) is 0 Å². The van der Waals surface area contributed by atoms with Gasteiger partial charge < -0.3 is 31.1 Å². The largest absolute Gasteiger partial charge is 0.507 e. The van der Waals surface area contributed by atoms with Crippen LogP contribution in [0.1, 0.15) is 62.6 Å². The maximum Gasteiger partial charge on any atom is 0.339 e. The van der Waals surface area contributed by atoms with Crippen molar-refractivity contribution >= 4 is 23.4 Å². The summed E-state index contributed by atoms with van der Waals surface area (Å²) in [4.78, 5) is 16.1. The number of nitrogens with one attached hydrogen (secondary N) is 2. The molecule has 1 unspecified atom stereocenters. The first kappa shape index (κ1) is 22.3. The summed E-state index contributed by atoms with van der Waals surface area (Å²) in [6.07, 6.45) is 0. The van der Waals surface area contributed by atoms with Crippen molar-refractivity contribution in [2.24, 2.45) is 5.73 Å². The van der Waals surface area contributed by atoms with Crippen molar-refractivity contribution < 1.29 is 15.0 Å². The third kappa shape index (κ3) is 4.53. The molecule has 1 aromatic rings. The summed E-state index contributed by atoms with van der Waals surface area (Å²) in [6, 6.07) is 4.25. The Morgan fingerprint density at radius 2 is 1.90 bits per heavy atom. The number of aromatic hydroxyl groups is 1. The second-order valence-corrected chi connectivity index (χ2v) is 8.21. The Kier molecular flexibility index (Phi) is 6.30. The van der Waals surface area contributed by atoms with Crippen LogP contribution < -0.4 is 16.4 Å². The molecule has 2 heterocycles. The predicted molar refractivity (Wildman–Crippen MR) is 119 cm³/mol. The van der Waals surface area contributed by atoms with Crippen LogP contribution in [0.3, 0.4) is 0 Å². The Hall–Kier alpha value is -3.40. The van der Waals surface area contributed by atoms with Gasteiger partial charge in [-0.05, 0) is 44.9 Å². The van der Waals surface area contributed by atoms with Gasteiger partial charge in [-0.3, -0.25) is 0 Å². The average Bonchev–Trinajstić information content (AvgIpc) is 3.12. The van der Waals surface area contributed by atoms with Gasteiger partial charge in [-0.25, -0.2) is 4.79 Å². The van der Waals surface area contributed by atoms with E-state index in [0.717, 1.165) is 11.4 Å². The molecule has 6 N–H and O–H groups in total. The van der Waals surface area contributed by atoms with E-state index in [1.807, 2.05) is 6.92 Å². The molecule has 31 heavy (non-hydrogen) atoms. The number of benzene rings is 1. The summed E-state index contributed by atoms with van der Waals surface area (Å²) in [7, 11) is 0. The molecule has 0 saturated heterocycles. The van der Waals surface area contributed by atoms with E-state index in [1.54, 1.807) is 6.07 Å². The standard InChI is InChI=1S/C21H29N7O3/c1-10(2)16-18-17(27-26-16)19(24-13-6-7-15(29)14(8-13)20(30)31)25-21(23-9-12(5)22)28(18)11(3)4/h6-8,10-12,24,29H,9,22H2,1-5H3,(H,23,25)(H,30,31). The van der Waals surface area contributed by atoms with Crippen molar-refractivity contribution in [3.05, 3.63) is 29.5 Å². The number of carbonyl (C=O) groups is 1. The molecule has 0 radical (unpaired) electrons. The summed E-state index contributed by atoms with van der Waals surface area (Å²) < 4.78 is 2.05. The number of nitrogens with zero attached hydrogens (tertiary/aromatic N) is 4. The molecule has 0 aliphatic carbocycles. The van der Waals surface area contributed by atoms with Crippen LogP contribution in [0.25, 0.3) is 11.4 Å². The normalized spacial score (nSPS) is 12.5. The van der Waals surface area contributed by atoms with Gasteiger partial charge in [0.15, 0.2) is 11.5 Å². The Bertz CT molecular complexity index is 1060. The van der Waals surface area contributed by atoms with Gasteiger partial charge in [-0.15, -0.1) is 5.10 Å². The van der Waals surface area contributed by atoms with E-state index in [2.05, 4.69) is 53.1 Å². The number of hydrogen-bond donors (Lipinski definition) is 5. The van der Waals surface area contributed by atoms with E-state index < -0.39 is 5.97 Å². The number of carboxylic acid groups (broad SMARTS) is 1. The Balaban J connectivity index is 2.17. The van der Waals surface area contributed by atoms with Crippen molar-refractivity contribution in [2.45, 2.75) is 52.6 Å². The molecule has 0 amide bonds. The maximum absolute atomic E-state index is 11.4. The number of nitrogens with two attached hydrogens (primary N) is 1. The van der Waals surface area contributed by atoms with Crippen LogP contribution in [0.4, 0.5) is 17.5 Å². The second kappa shape index (κ2) is 8.76. The van der Waals surface area contributed by atoms with E-state index in [-0.39, 0.29) is 29.3 Å². The van der Waals surface area contributed by atoms with Crippen LogP contribution >= 0.6 is 0 Å². The van der Waals surface area contributed by atoms with E-state index >= 15 is 0 Å². The molecule has 166 valence electrons. The van der Waals surface area contributed by atoms with Crippen molar-refractivity contribution in [1.29, 1.82) is 0 Å². The van der Waals surface area contributed by atoms with Crippen LogP contribution in [0.15, 0.2) is 18.2 Å². The number of anilines is 3. The van der Waals surface area contributed by atoms with E-state index in [4.69, 9.17) is 10.7 Å². The zero-order valence-electron chi connectivity index (χ0n) is 18.3. The monoisotopic (exact) mass is 427 g/mol. The van der Waals surface area contributed by atoms with Crippen LogP contribution in [0.5, 0.6) is 5.75 Å². The van der Waals surface area contributed by atoms with Gasteiger partial charge in [0.2, 0.25) is 5.95 Å². The Morgan fingerprint density at radius 1 is 1.19 bits per heavy atom. The first-order valence-electron chi connectivity index (χ1n) is 10.2. The zero-order chi connectivity index (χ0) is 22.9. The van der Waals surface area contributed by atoms with E-state index in [1.165, 1.54) is 12.1 Å². The lowest BCUT2D eigenvalue weighted by molar-refractivity contribution is 0.0694. The summed E-state index contributed by atoms with van der Waals surface area (Å²) in [5, 5.41) is 34.3. The SMILES string of the molecule is CC(N)CNc1nc(Nc2ccc(O)c(C(=O)O)c2)c2nnc(C(C)C)c-2n1C(C)C. The summed E-state index contributed by atoms with van der Waals surface area (Å²) in [5.74, 6) is -0.355. The lowest BCUT2D eigenvalue weighted by atomic mass is 10.1. The minimum atomic E-state index is -1.22. The van der Waals surface area contributed by atoms with Crippen molar-refractivity contribution in [3.63, 3.8) is 0 Å². The van der Waals surface area contributed by atoms with E-state index in [0.29, 0.717) is 29.7 Å². The lowest BCUT2D eigenvalue weighted by Gasteiger charge is -2.25. The summed E-state index contributed by atoms with van der Waals surface area (Å²) in [5.41, 5.74) is 8.46. The molecule has 0 aromatic heterocycles. The van der Waals surface area contributed by atoms with Crippen LogP contribution in [-0.2, 0) is 0 Å². The molecule has 0 saturated carbocycles. The van der Waals surface area contributed by atoms with Gasteiger partial charge in [-0.2, -0.15) is 10.1 Å². The van der Waals surface area contributed by atoms with Gasteiger partial charge in [0, 0.05) is 24.3 Å². The Labute approximate surface area is 180 Å². The maximum atomic E-state index is 11.4. The summed E-state index contributed by atoms with van der Waals surface area (Å²) in [6.45, 7) is 10.6. The number of rotatable bonds is 8. The fraction of sp³-hybridized carbons (Fsp3) is 0.429. The highest BCUT2D eigenvalue weighted by atomic mass is 16.4. The average molecular weight is 428 g/mol. The van der Waals surface area contributed by atoms with Crippen molar-refractivity contribution in [2.75, 3.05) is 17.2 Å². The highest BCUT2D eigenvalue weighted by Crippen LogP contribution is 2.38. The third-order valence-electron chi connectivity index (χ3n) is 4.77. The van der Waals surface area contributed by atoms with E-state index in [9.17, 15) is 15.0 Å². The smallest absolute Gasteiger partial charge is 0.339 e. The molecule has 1 atom stereocenters. The van der Waals surface area contributed by atoms with Crippen molar-refractivity contribution in [3.8, 4) is 17.1 Å². The lowest BCUT2D eigenvalue weighted by Crippen LogP contribution is -2.28. The fourth-order valence-electron chi connectivity index (χ4n) is 3.31. The van der Waals surface area contributed by atoms with Gasteiger partial charge in [-0.1, -0.05) is 13.8 Å². The number of fused-ring (bicyclic) bond motifs is 1. The first-order chi connectivity index (χ1) is 14.6. The van der Waals surface area contributed by atoms with Crippen LogP contribution in [0.2, 0.25) is 0 Å². The topological polar surface area (TPSA) is 151 Å². The minimum Gasteiger partial charge on any atom is -0.507 e. The van der Waals surface area contributed by atoms with Gasteiger partial charge in [0.1, 0.15) is 11.3 Å². The molecule has 2 aliphatic heterocycles. The molecule has 0 spiro atoms. The highest BCUT2D eigenvalue weighted by Gasteiger charge is 2.28. The molecular weight excluding hydrogens is 398 g/mol. The molecule has 0 fully saturated rings. The number of aromatic nitrogens is 4. The molecule has 3 rings (SSSR count). The number of aromatic carboxylic acids is 1. The minimum absolute atomic E-state index is 0.0785. The zero-order valence-corrected chi connectivity index (χ0v) is 18.3. The molecule has 0 bridgehead atoms. The highest BCUT2D eigenvalue weighted by molar-refractivity contribution is 5.92. The molecule has 1 aromatic carbocycles. The molecule has 10 nitrogen and oxygen atoms in total. The molecule has 10 heteroatoms. The van der Waals surface area contributed by atoms with Gasteiger partial charge >= 0.3 is 5.97 Å². The summed E-state index contributed by atoms with van der Waals surface area (Å²) >= 11 is 0. The third-order valence-corrected chi connectivity index (χ3v) is 4.77. The van der Waals surface area contributed by atoms with Crippen LogP contribution in [-0.4, -0.2) is 48.5 Å². The fourth-order valence-corrected chi connectivity index (χ4v) is 3.31. The number of phenols is 1. The number of carboxylic acids is 1. The Morgan fingerprint density at radius 3 is 2.48 bits per heavy atom. The van der Waals surface area contributed by atoms with Crippen LogP contribution in [0, 0.1) is 0 Å². The quantitative estimate of drug-likeness (QED) is 0.341. The molecule has 2 aliphatic rings. The first-order valence-corrected chi connectivity index (χ1v) is 10.2.